The lowest BCUT2D eigenvalue weighted by molar-refractivity contribution is -0.384. The SMILES string of the molecule is O=C(COc1cccc(Cl)c1Cl)Nc1ccc(Cl)c([N+](=O)[O-])c1. The van der Waals surface area contributed by atoms with Gasteiger partial charge in [-0.1, -0.05) is 40.9 Å². The number of anilines is 1. The van der Waals surface area contributed by atoms with Crippen molar-refractivity contribution in [2.24, 2.45) is 0 Å². The van der Waals surface area contributed by atoms with Gasteiger partial charge in [-0.15, -0.1) is 0 Å². The molecular weight excluding hydrogens is 367 g/mol. The van der Waals surface area contributed by atoms with Crippen LogP contribution in [0, 0.1) is 10.1 Å². The van der Waals surface area contributed by atoms with E-state index in [0.717, 1.165) is 6.07 Å². The molecule has 1 N–H and O–H groups in total. The lowest BCUT2D eigenvalue weighted by atomic mass is 10.3. The van der Waals surface area contributed by atoms with Gasteiger partial charge >= 0.3 is 0 Å². The van der Waals surface area contributed by atoms with Crippen LogP contribution in [0.4, 0.5) is 11.4 Å². The molecule has 0 aromatic heterocycles. The summed E-state index contributed by atoms with van der Waals surface area (Å²) in [6.07, 6.45) is 0. The van der Waals surface area contributed by atoms with Crippen LogP contribution >= 0.6 is 34.8 Å². The molecule has 2 aromatic rings. The number of halogens is 3. The minimum Gasteiger partial charge on any atom is -0.482 e. The molecule has 0 aliphatic heterocycles. The fourth-order valence-corrected chi connectivity index (χ4v) is 2.20. The van der Waals surface area contributed by atoms with Crippen LogP contribution in [-0.4, -0.2) is 17.4 Å². The van der Waals surface area contributed by atoms with Gasteiger partial charge < -0.3 is 10.1 Å². The van der Waals surface area contributed by atoms with Gasteiger partial charge in [-0.2, -0.15) is 0 Å². The zero-order chi connectivity index (χ0) is 17.0. The molecule has 0 saturated carbocycles. The third kappa shape index (κ3) is 4.48. The number of hydrogen-bond donors (Lipinski definition) is 1. The monoisotopic (exact) mass is 374 g/mol. The van der Waals surface area contributed by atoms with E-state index < -0.39 is 10.8 Å². The Kier molecular flexibility index (Phi) is 5.65. The van der Waals surface area contributed by atoms with E-state index in [9.17, 15) is 14.9 Å². The molecule has 9 heteroatoms. The molecule has 2 aromatic carbocycles. The summed E-state index contributed by atoms with van der Waals surface area (Å²) in [5.41, 5.74) is -0.0739. The van der Waals surface area contributed by atoms with Crippen molar-refractivity contribution in [3.8, 4) is 5.75 Å². The van der Waals surface area contributed by atoms with Crippen molar-refractivity contribution in [3.05, 3.63) is 61.6 Å². The van der Waals surface area contributed by atoms with Crippen LogP contribution in [0.5, 0.6) is 5.75 Å². The Bertz CT molecular complexity index is 768. The summed E-state index contributed by atoms with van der Waals surface area (Å²) in [6, 6.07) is 8.71. The van der Waals surface area contributed by atoms with E-state index in [1.165, 1.54) is 12.1 Å². The highest BCUT2D eigenvalue weighted by atomic mass is 35.5. The average Bonchev–Trinajstić information content (AvgIpc) is 2.50. The quantitative estimate of drug-likeness (QED) is 0.613. The van der Waals surface area contributed by atoms with Gasteiger partial charge in [0.2, 0.25) is 0 Å². The first kappa shape index (κ1) is 17.3. The number of rotatable bonds is 5. The van der Waals surface area contributed by atoms with Crippen LogP contribution in [0.3, 0.4) is 0 Å². The maximum atomic E-state index is 11.8. The summed E-state index contributed by atoms with van der Waals surface area (Å²) < 4.78 is 5.26. The van der Waals surface area contributed by atoms with E-state index in [1.807, 2.05) is 0 Å². The molecule has 0 unspecified atom stereocenters. The molecule has 0 heterocycles. The summed E-state index contributed by atoms with van der Waals surface area (Å²) in [6.45, 7) is -0.337. The van der Waals surface area contributed by atoms with Crippen molar-refractivity contribution in [1.82, 2.24) is 0 Å². The van der Waals surface area contributed by atoms with Crippen LogP contribution < -0.4 is 10.1 Å². The molecule has 2 rings (SSSR count). The van der Waals surface area contributed by atoms with E-state index in [1.54, 1.807) is 18.2 Å². The number of benzene rings is 2. The molecule has 1 amide bonds. The predicted molar refractivity (Wildman–Crippen MR) is 88.7 cm³/mol. The van der Waals surface area contributed by atoms with Crippen LogP contribution in [0.2, 0.25) is 15.1 Å². The van der Waals surface area contributed by atoms with Crippen molar-refractivity contribution in [2.75, 3.05) is 11.9 Å². The van der Waals surface area contributed by atoms with Crippen molar-refractivity contribution in [1.29, 1.82) is 0 Å². The van der Waals surface area contributed by atoms with E-state index in [4.69, 9.17) is 39.5 Å². The number of carbonyl (C=O) groups is 1. The molecule has 0 saturated heterocycles. The molecule has 0 radical (unpaired) electrons. The second-order valence-electron chi connectivity index (χ2n) is 4.31. The minimum absolute atomic E-state index is 0.0186. The van der Waals surface area contributed by atoms with Gasteiger partial charge in [0.25, 0.3) is 11.6 Å². The number of nitrogens with zero attached hydrogens (tertiary/aromatic N) is 1. The number of ether oxygens (including phenoxy) is 1. The molecule has 0 bridgehead atoms. The number of amides is 1. The molecular formula is C14H9Cl3N2O4. The van der Waals surface area contributed by atoms with Gasteiger partial charge in [-0.25, -0.2) is 0 Å². The fourth-order valence-electron chi connectivity index (χ4n) is 1.67. The first-order valence-corrected chi connectivity index (χ1v) is 7.32. The summed E-state index contributed by atoms with van der Waals surface area (Å²) in [5, 5.41) is 13.7. The summed E-state index contributed by atoms with van der Waals surface area (Å²) in [7, 11) is 0. The largest absolute Gasteiger partial charge is 0.482 e. The Balaban J connectivity index is 2.01. The molecule has 120 valence electrons. The van der Waals surface area contributed by atoms with Crippen molar-refractivity contribution in [3.63, 3.8) is 0 Å². The molecule has 0 aliphatic rings. The topological polar surface area (TPSA) is 81.5 Å². The van der Waals surface area contributed by atoms with Gasteiger partial charge in [0, 0.05) is 11.8 Å². The number of nitrogens with one attached hydrogen (secondary N) is 1. The average molecular weight is 376 g/mol. The Morgan fingerprint density at radius 2 is 1.91 bits per heavy atom. The minimum atomic E-state index is -0.639. The van der Waals surface area contributed by atoms with Crippen molar-refractivity contribution < 1.29 is 14.5 Å². The van der Waals surface area contributed by atoms with Gasteiger partial charge in [0.05, 0.1) is 9.95 Å². The smallest absolute Gasteiger partial charge is 0.289 e. The van der Waals surface area contributed by atoms with Gasteiger partial charge in [0.1, 0.15) is 15.8 Å². The predicted octanol–water partition coefficient (Wildman–Crippen LogP) is 4.57. The highest BCUT2D eigenvalue weighted by Crippen LogP contribution is 2.31. The lowest BCUT2D eigenvalue weighted by Gasteiger charge is -2.09. The Morgan fingerprint density at radius 1 is 1.17 bits per heavy atom. The third-order valence-corrected chi connectivity index (χ3v) is 3.82. The molecule has 0 atom stereocenters. The zero-order valence-electron chi connectivity index (χ0n) is 11.4. The van der Waals surface area contributed by atoms with Crippen LogP contribution in [0.1, 0.15) is 0 Å². The highest BCUT2D eigenvalue weighted by Gasteiger charge is 2.14. The first-order valence-electron chi connectivity index (χ1n) is 6.19. The maximum absolute atomic E-state index is 11.8. The van der Waals surface area contributed by atoms with E-state index in [-0.39, 0.29) is 33.8 Å². The van der Waals surface area contributed by atoms with Gasteiger partial charge in [-0.3, -0.25) is 14.9 Å². The highest BCUT2D eigenvalue weighted by molar-refractivity contribution is 6.42. The van der Waals surface area contributed by atoms with Gasteiger partial charge in [0.15, 0.2) is 6.61 Å². The number of carbonyl (C=O) groups excluding carboxylic acids is 1. The maximum Gasteiger partial charge on any atom is 0.289 e. The van der Waals surface area contributed by atoms with Crippen molar-refractivity contribution >= 4 is 52.1 Å². The summed E-state index contributed by atoms with van der Waals surface area (Å²) in [5.74, 6) is -0.255. The molecule has 23 heavy (non-hydrogen) atoms. The molecule has 0 fully saturated rings. The summed E-state index contributed by atoms with van der Waals surface area (Å²) >= 11 is 17.5. The number of hydrogen-bond acceptors (Lipinski definition) is 4. The van der Waals surface area contributed by atoms with Crippen LogP contribution in [-0.2, 0) is 4.79 Å². The summed E-state index contributed by atoms with van der Waals surface area (Å²) in [4.78, 5) is 22.0. The number of nitro benzene ring substituents is 1. The van der Waals surface area contributed by atoms with Crippen LogP contribution in [0.15, 0.2) is 36.4 Å². The van der Waals surface area contributed by atoms with E-state index in [2.05, 4.69) is 5.32 Å². The zero-order valence-corrected chi connectivity index (χ0v) is 13.7. The Hall–Kier alpha value is -2.02. The van der Waals surface area contributed by atoms with Gasteiger partial charge in [-0.05, 0) is 24.3 Å². The molecule has 0 spiro atoms. The Labute approximate surface area is 146 Å². The van der Waals surface area contributed by atoms with E-state index >= 15 is 0 Å². The molecule has 6 nitrogen and oxygen atoms in total. The third-order valence-electron chi connectivity index (χ3n) is 2.70. The fraction of sp³-hybridized carbons (Fsp3) is 0.0714. The normalized spacial score (nSPS) is 10.2. The van der Waals surface area contributed by atoms with Crippen LogP contribution in [0.25, 0.3) is 0 Å². The second-order valence-corrected chi connectivity index (χ2v) is 5.50. The molecule has 0 aliphatic carbocycles. The van der Waals surface area contributed by atoms with Crippen molar-refractivity contribution in [2.45, 2.75) is 0 Å². The lowest BCUT2D eigenvalue weighted by Crippen LogP contribution is -2.20. The van der Waals surface area contributed by atoms with E-state index in [0.29, 0.717) is 5.02 Å². The standard InChI is InChI=1S/C14H9Cl3N2O4/c15-9-5-4-8(6-11(9)19(21)22)18-13(20)7-23-12-3-1-2-10(16)14(12)17/h1-6H,7H2,(H,18,20). The number of nitro groups is 1. The Morgan fingerprint density at radius 3 is 2.61 bits per heavy atom. The second kappa shape index (κ2) is 7.50. The first-order chi connectivity index (χ1) is 10.9.